The summed E-state index contributed by atoms with van der Waals surface area (Å²) in [6.45, 7) is 13.1. The second-order valence-corrected chi connectivity index (χ2v) is 7.38. The Bertz CT molecular complexity index is 770. The van der Waals surface area contributed by atoms with Gasteiger partial charge in [0, 0.05) is 56.9 Å². The van der Waals surface area contributed by atoms with E-state index in [9.17, 15) is 0 Å². The summed E-state index contributed by atoms with van der Waals surface area (Å²) in [6, 6.07) is 8.73. The number of nitrogens with zero attached hydrogens (tertiary/aromatic N) is 4. The van der Waals surface area contributed by atoms with Gasteiger partial charge in [-0.3, -0.25) is 4.99 Å². The highest BCUT2D eigenvalue weighted by molar-refractivity contribution is 5.80. The molecule has 1 atom stereocenters. The van der Waals surface area contributed by atoms with Gasteiger partial charge in [-0.2, -0.15) is 0 Å². The Morgan fingerprint density at radius 1 is 1.22 bits per heavy atom. The highest BCUT2D eigenvalue weighted by atomic mass is 16.5. The maximum atomic E-state index is 5.30. The van der Waals surface area contributed by atoms with Crippen LogP contribution in [0.5, 0.6) is 0 Å². The lowest BCUT2D eigenvalue weighted by molar-refractivity contribution is 0.371. The van der Waals surface area contributed by atoms with Gasteiger partial charge in [0.2, 0.25) is 0 Å². The van der Waals surface area contributed by atoms with E-state index in [1.165, 1.54) is 16.8 Å². The Hall–Kier alpha value is -2.50. The number of aromatic nitrogens is 1. The number of aryl methyl sites for hydroxylation is 3. The predicted molar refractivity (Wildman–Crippen MR) is 111 cm³/mol. The monoisotopic (exact) mass is 369 g/mol. The summed E-state index contributed by atoms with van der Waals surface area (Å²) < 4.78 is 5.30. The molecule has 1 aliphatic rings. The van der Waals surface area contributed by atoms with E-state index in [-0.39, 0.29) is 0 Å². The maximum absolute atomic E-state index is 5.30. The third-order valence-corrected chi connectivity index (χ3v) is 5.31. The third-order valence-electron chi connectivity index (χ3n) is 5.31. The van der Waals surface area contributed by atoms with Crippen molar-refractivity contribution in [3.8, 4) is 0 Å². The van der Waals surface area contributed by atoms with Gasteiger partial charge in [0.05, 0.1) is 5.69 Å². The standard InChI is InChI=1S/C21H31N5O/c1-15-7-6-8-19(13-15)25-9-11-26(12-10-25)21(22-5)23-14-16(2)20-17(3)24-27-18(20)4/h6-8,13,16H,9-12,14H2,1-5H3,(H,22,23). The molecule has 2 aromatic rings. The van der Waals surface area contributed by atoms with Crippen molar-refractivity contribution in [1.82, 2.24) is 15.4 Å². The molecule has 6 heteroatoms. The molecule has 2 heterocycles. The van der Waals surface area contributed by atoms with Gasteiger partial charge in [0.15, 0.2) is 5.96 Å². The largest absolute Gasteiger partial charge is 0.368 e. The molecule has 6 nitrogen and oxygen atoms in total. The minimum Gasteiger partial charge on any atom is -0.368 e. The first-order valence-electron chi connectivity index (χ1n) is 9.69. The second kappa shape index (κ2) is 8.46. The van der Waals surface area contributed by atoms with E-state index in [2.05, 4.69) is 63.4 Å². The van der Waals surface area contributed by atoms with Crippen LogP contribution in [-0.2, 0) is 0 Å². The van der Waals surface area contributed by atoms with Gasteiger partial charge in [-0.25, -0.2) is 0 Å². The molecule has 1 N–H and O–H groups in total. The molecule has 1 aliphatic heterocycles. The Morgan fingerprint density at radius 3 is 2.56 bits per heavy atom. The number of rotatable bonds is 4. The van der Waals surface area contributed by atoms with Crippen LogP contribution in [0.1, 0.15) is 35.4 Å². The smallest absolute Gasteiger partial charge is 0.193 e. The van der Waals surface area contributed by atoms with Crippen LogP contribution in [0.3, 0.4) is 0 Å². The third kappa shape index (κ3) is 4.43. The second-order valence-electron chi connectivity index (χ2n) is 7.38. The molecule has 27 heavy (non-hydrogen) atoms. The number of hydrogen-bond donors (Lipinski definition) is 1. The molecule has 1 unspecified atom stereocenters. The van der Waals surface area contributed by atoms with Gasteiger partial charge in [-0.05, 0) is 38.5 Å². The van der Waals surface area contributed by atoms with Crippen LogP contribution < -0.4 is 10.2 Å². The SMILES string of the molecule is CN=C(NCC(C)c1c(C)noc1C)N1CCN(c2cccc(C)c2)CC1. The first-order valence-corrected chi connectivity index (χ1v) is 9.69. The Balaban J connectivity index is 1.55. The number of guanidine groups is 1. The van der Waals surface area contributed by atoms with Gasteiger partial charge in [0.1, 0.15) is 5.76 Å². The highest BCUT2D eigenvalue weighted by Crippen LogP contribution is 2.22. The molecular formula is C21H31N5O. The van der Waals surface area contributed by atoms with Gasteiger partial charge >= 0.3 is 0 Å². The lowest BCUT2D eigenvalue weighted by Crippen LogP contribution is -2.53. The predicted octanol–water partition coefficient (Wildman–Crippen LogP) is 3.10. The summed E-state index contributed by atoms with van der Waals surface area (Å²) >= 11 is 0. The number of aliphatic imine (C=N–C) groups is 1. The zero-order valence-corrected chi connectivity index (χ0v) is 17.1. The van der Waals surface area contributed by atoms with E-state index in [0.717, 1.165) is 50.1 Å². The summed E-state index contributed by atoms with van der Waals surface area (Å²) in [6.07, 6.45) is 0. The van der Waals surface area contributed by atoms with Crippen molar-refractivity contribution in [2.45, 2.75) is 33.6 Å². The van der Waals surface area contributed by atoms with Crippen molar-refractivity contribution >= 4 is 11.6 Å². The van der Waals surface area contributed by atoms with E-state index in [4.69, 9.17) is 4.52 Å². The Labute approximate surface area is 162 Å². The first-order chi connectivity index (χ1) is 13.0. The Morgan fingerprint density at radius 2 is 1.96 bits per heavy atom. The molecule has 0 aliphatic carbocycles. The fraction of sp³-hybridized carbons (Fsp3) is 0.524. The van der Waals surface area contributed by atoms with Crippen LogP contribution in [0.2, 0.25) is 0 Å². The fourth-order valence-electron chi connectivity index (χ4n) is 3.87. The summed E-state index contributed by atoms with van der Waals surface area (Å²) in [5.41, 5.74) is 4.79. The number of piperazine rings is 1. The zero-order valence-electron chi connectivity index (χ0n) is 17.1. The van der Waals surface area contributed by atoms with Crippen molar-refractivity contribution in [3.63, 3.8) is 0 Å². The molecule has 1 saturated heterocycles. The first kappa shape index (κ1) is 19.3. The molecule has 1 aromatic carbocycles. The summed E-state index contributed by atoms with van der Waals surface area (Å²) in [5, 5.41) is 7.60. The van der Waals surface area contributed by atoms with E-state index in [1.807, 2.05) is 20.9 Å². The molecule has 0 spiro atoms. The van der Waals surface area contributed by atoms with Crippen LogP contribution in [0.15, 0.2) is 33.8 Å². The van der Waals surface area contributed by atoms with Crippen LogP contribution in [-0.4, -0.2) is 55.8 Å². The van der Waals surface area contributed by atoms with Crippen LogP contribution >= 0.6 is 0 Å². The molecule has 0 amide bonds. The lowest BCUT2D eigenvalue weighted by atomic mass is 10.00. The summed E-state index contributed by atoms with van der Waals surface area (Å²) in [5.74, 6) is 2.20. The minimum absolute atomic E-state index is 0.321. The molecule has 0 radical (unpaired) electrons. The van der Waals surface area contributed by atoms with Gasteiger partial charge in [-0.1, -0.05) is 24.2 Å². The zero-order chi connectivity index (χ0) is 19.4. The summed E-state index contributed by atoms with van der Waals surface area (Å²) in [4.78, 5) is 9.28. The molecular weight excluding hydrogens is 338 g/mol. The van der Waals surface area contributed by atoms with E-state index >= 15 is 0 Å². The summed E-state index contributed by atoms with van der Waals surface area (Å²) in [7, 11) is 1.86. The van der Waals surface area contributed by atoms with Gasteiger partial charge in [0.25, 0.3) is 0 Å². The van der Waals surface area contributed by atoms with Crippen molar-refractivity contribution in [2.24, 2.45) is 4.99 Å². The number of benzene rings is 1. The molecule has 146 valence electrons. The average Bonchev–Trinajstić information content (AvgIpc) is 3.01. The topological polar surface area (TPSA) is 56.9 Å². The van der Waals surface area contributed by atoms with E-state index in [1.54, 1.807) is 0 Å². The van der Waals surface area contributed by atoms with Crippen molar-refractivity contribution in [3.05, 3.63) is 46.8 Å². The minimum atomic E-state index is 0.321. The maximum Gasteiger partial charge on any atom is 0.193 e. The van der Waals surface area contributed by atoms with Crippen molar-refractivity contribution in [1.29, 1.82) is 0 Å². The number of hydrogen-bond acceptors (Lipinski definition) is 4. The van der Waals surface area contributed by atoms with E-state index < -0.39 is 0 Å². The van der Waals surface area contributed by atoms with Crippen LogP contribution in [0.4, 0.5) is 5.69 Å². The van der Waals surface area contributed by atoms with Crippen LogP contribution in [0.25, 0.3) is 0 Å². The molecule has 0 bridgehead atoms. The molecule has 1 aromatic heterocycles. The Kier molecular flexibility index (Phi) is 6.04. The number of nitrogens with one attached hydrogen (secondary N) is 1. The molecule has 3 rings (SSSR count). The fourth-order valence-corrected chi connectivity index (χ4v) is 3.87. The van der Waals surface area contributed by atoms with Gasteiger partial charge < -0.3 is 19.6 Å². The van der Waals surface area contributed by atoms with Gasteiger partial charge in [-0.15, -0.1) is 0 Å². The highest BCUT2D eigenvalue weighted by Gasteiger charge is 2.21. The van der Waals surface area contributed by atoms with E-state index in [0.29, 0.717) is 5.92 Å². The van der Waals surface area contributed by atoms with Crippen molar-refractivity contribution in [2.75, 3.05) is 44.7 Å². The number of anilines is 1. The molecule has 1 fully saturated rings. The lowest BCUT2D eigenvalue weighted by Gasteiger charge is -2.38. The normalized spacial score (nSPS) is 16.6. The molecule has 0 saturated carbocycles. The van der Waals surface area contributed by atoms with Crippen LogP contribution in [0, 0.1) is 20.8 Å². The average molecular weight is 370 g/mol. The quantitative estimate of drug-likeness (QED) is 0.663. The van der Waals surface area contributed by atoms with Crippen molar-refractivity contribution < 1.29 is 4.52 Å².